The molecule has 0 aliphatic carbocycles. The number of benzene rings is 2. The Morgan fingerprint density at radius 3 is 2.58 bits per heavy atom. The minimum atomic E-state index is -0.438. The molecule has 6 heteroatoms. The van der Waals surface area contributed by atoms with Crippen molar-refractivity contribution in [2.75, 3.05) is 25.5 Å². The molecule has 24 heavy (non-hydrogen) atoms. The van der Waals surface area contributed by atoms with Gasteiger partial charge in [0.05, 0.1) is 19.2 Å². The number of carbonyl (C=O) groups is 2. The van der Waals surface area contributed by atoms with E-state index in [4.69, 9.17) is 11.6 Å². The summed E-state index contributed by atoms with van der Waals surface area (Å²) in [6.07, 6.45) is 0.808. The number of esters is 1. The van der Waals surface area contributed by atoms with Gasteiger partial charge in [-0.05, 0) is 48.9 Å². The average Bonchev–Trinajstić information content (AvgIpc) is 2.60. The first-order valence-corrected chi connectivity index (χ1v) is 7.89. The maximum atomic E-state index is 11.9. The third-order valence-corrected chi connectivity index (χ3v) is 3.61. The Morgan fingerprint density at radius 1 is 1.12 bits per heavy atom. The van der Waals surface area contributed by atoms with Crippen molar-refractivity contribution in [3.8, 4) is 0 Å². The number of anilines is 1. The van der Waals surface area contributed by atoms with E-state index < -0.39 is 5.97 Å². The molecule has 0 saturated heterocycles. The fourth-order valence-corrected chi connectivity index (χ4v) is 2.26. The van der Waals surface area contributed by atoms with E-state index in [0.29, 0.717) is 22.8 Å². The summed E-state index contributed by atoms with van der Waals surface area (Å²) < 4.78 is 4.65. The van der Waals surface area contributed by atoms with Crippen LogP contribution in [0.15, 0.2) is 48.5 Å². The number of rotatable bonds is 7. The van der Waals surface area contributed by atoms with Crippen LogP contribution in [0, 0.1) is 0 Å². The lowest BCUT2D eigenvalue weighted by molar-refractivity contribution is -0.115. The van der Waals surface area contributed by atoms with Crippen LogP contribution < -0.4 is 10.6 Å². The van der Waals surface area contributed by atoms with E-state index in [-0.39, 0.29) is 12.5 Å². The van der Waals surface area contributed by atoms with Gasteiger partial charge < -0.3 is 15.4 Å². The fraction of sp³-hybridized carbons (Fsp3) is 0.222. The Hall–Kier alpha value is -2.37. The van der Waals surface area contributed by atoms with Gasteiger partial charge in [-0.15, -0.1) is 0 Å². The zero-order chi connectivity index (χ0) is 17.4. The number of hydrogen-bond acceptors (Lipinski definition) is 4. The minimum absolute atomic E-state index is 0.173. The standard InChI is InChI=1S/C18H19ClN2O3/c1-24-18(23)14-3-2-4-16(11-14)21-17(22)12-20-10-9-13-5-7-15(19)8-6-13/h2-8,11,20H,9-10,12H2,1H3,(H,21,22). The molecule has 0 heterocycles. The van der Waals surface area contributed by atoms with Crippen LogP contribution in [0.3, 0.4) is 0 Å². The maximum absolute atomic E-state index is 11.9. The lowest BCUT2D eigenvalue weighted by atomic mass is 10.1. The fourth-order valence-electron chi connectivity index (χ4n) is 2.13. The lowest BCUT2D eigenvalue weighted by Crippen LogP contribution is -2.29. The first kappa shape index (κ1) is 18.0. The van der Waals surface area contributed by atoms with E-state index in [1.807, 2.05) is 24.3 Å². The maximum Gasteiger partial charge on any atom is 0.337 e. The number of nitrogens with one attached hydrogen (secondary N) is 2. The van der Waals surface area contributed by atoms with E-state index in [1.165, 1.54) is 7.11 Å². The Balaban J connectivity index is 1.75. The molecular weight excluding hydrogens is 328 g/mol. The second-order valence-corrected chi connectivity index (χ2v) is 5.61. The number of carbonyl (C=O) groups excluding carboxylic acids is 2. The van der Waals surface area contributed by atoms with Crippen LogP contribution in [0.5, 0.6) is 0 Å². The van der Waals surface area contributed by atoms with Crippen molar-refractivity contribution >= 4 is 29.2 Å². The van der Waals surface area contributed by atoms with Gasteiger partial charge in [-0.2, -0.15) is 0 Å². The van der Waals surface area contributed by atoms with Crippen molar-refractivity contribution in [3.05, 3.63) is 64.7 Å². The molecule has 0 aliphatic rings. The predicted octanol–water partition coefficient (Wildman–Crippen LogP) is 2.90. The molecule has 0 spiro atoms. The van der Waals surface area contributed by atoms with Gasteiger partial charge in [0.15, 0.2) is 0 Å². The van der Waals surface area contributed by atoms with Crippen molar-refractivity contribution < 1.29 is 14.3 Å². The highest BCUT2D eigenvalue weighted by Crippen LogP contribution is 2.11. The molecule has 0 bridgehead atoms. The summed E-state index contributed by atoms with van der Waals surface area (Å²) in [5, 5.41) is 6.53. The molecule has 126 valence electrons. The van der Waals surface area contributed by atoms with E-state index in [0.717, 1.165) is 12.0 Å². The summed E-state index contributed by atoms with van der Waals surface area (Å²) in [4.78, 5) is 23.4. The molecule has 0 radical (unpaired) electrons. The smallest absolute Gasteiger partial charge is 0.337 e. The van der Waals surface area contributed by atoms with Crippen molar-refractivity contribution in [2.24, 2.45) is 0 Å². The highest BCUT2D eigenvalue weighted by Gasteiger charge is 2.07. The molecule has 0 aromatic heterocycles. The largest absolute Gasteiger partial charge is 0.465 e. The van der Waals surface area contributed by atoms with Gasteiger partial charge in [-0.1, -0.05) is 29.8 Å². The third kappa shape index (κ3) is 5.68. The van der Waals surface area contributed by atoms with E-state index in [9.17, 15) is 9.59 Å². The third-order valence-electron chi connectivity index (χ3n) is 3.36. The number of hydrogen-bond donors (Lipinski definition) is 2. The van der Waals surface area contributed by atoms with E-state index in [1.54, 1.807) is 24.3 Å². The number of methoxy groups -OCH3 is 1. The topological polar surface area (TPSA) is 67.4 Å². The van der Waals surface area contributed by atoms with Gasteiger partial charge in [0.2, 0.25) is 5.91 Å². The monoisotopic (exact) mass is 346 g/mol. The first-order valence-electron chi connectivity index (χ1n) is 7.52. The van der Waals surface area contributed by atoms with Gasteiger partial charge in [-0.25, -0.2) is 4.79 Å². The normalized spacial score (nSPS) is 10.2. The van der Waals surface area contributed by atoms with Crippen LogP contribution >= 0.6 is 11.6 Å². The molecule has 0 saturated carbocycles. The molecule has 5 nitrogen and oxygen atoms in total. The molecule has 2 aromatic carbocycles. The van der Waals surface area contributed by atoms with Crippen LogP contribution in [-0.4, -0.2) is 32.1 Å². The minimum Gasteiger partial charge on any atom is -0.465 e. The number of amides is 1. The van der Waals surface area contributed by atoms with Crippen LogP contribution in [-0.2, 0) is 16.0 Å². The average molecular weight is 347 g/mol. The van der Waals surface area contributed by atoms with Gasteiger partial charge in [0.25, 0.3) is 0 Å². The predicted molar refractivity (Wildman–Crippen MR) is 94.4 cm³/mol. The summed E-state index contributed by atoms with van der Waals surface area (Å²) in [7, 11) is 1.32. The van der Waals surface area contributed by atoms with Crippen LogP contribution in [0.4, 0.5) is 5.69 Å². The molecule has 2 N–H and O–H groups in total. The second-order valence-electron chi connectivity index (χ2n) is 5.17. The zero-order valence-electron chi connectivity index (χ0n) is 13.3. The van der Waals surface area contributed by atoms with Crippen LogP contribution in [0.2, 0.25) is 5.02 Å². The molecule has 0 fully saturated rings. The highest BCUT2D eigenvalue weighted by atomic mass is 35.5. The Bertz CT molecular complexity index is 702. The Kier molecular flexibility index (Phi) is 6.78. The van der Waals surface area contributed by atoms with Crippen molar-refractivity contribution in [3.63, 3.8) is 0 Å². The summed E-state index contributed by atoms with van der Waals surface area (Å²) in [5.74, 6) is -0.611. The number of halogens is 1. The molecule has 0 atom stereocenters. The van der Waals surface area contributed by atoms with Crippen molar-refractivity contribution in [1.29, 1.82) is 0 Å². The van der Waals surface area contributed by atoms with Gasteiger partial charge in [0.1, 0.15) is 0 Å². The zero-order valence-corrected chi connectivity index (χ0v) is 14.1. The van der Waals surface area contributed by atoms with E-state index in [2.05, 4.69) is 15.4 Å². The summed E-state index contributed by atoms with van der Waals surface area (Å²) in [6.45, 7) is 0.868. The van der Waals surface area contributed by atoms with Crippen LogP contribution in [0.1, 0.15) is 15.9 Å². The van der Waals surface area contributed by atoms with Gasteiger partial charge >= 0.3 is 5.97 Å². The SMILES string of the molecule is COC(=O)c1cccc(NC(=O)CNCCc2ccc(Cl)cc2)c1. The summed E-state index contributed by atoms with van der Waals surface area (Å²) in [5.41, 5.74) is 2.10. The summed E-state index contributed by atoms with van der Waals surface area (Å²) >= 11 is 5.83. The molecule has 1 amide bonds. The lowest BCUT2D eigenvalue weighted by Gasteiger charge is -2.08. The second kappa shape index (κ2) is 9.05. The molecule has 2 aromatic rings. The quantitative estimate of drug-likeness (QED) is 0.597. The summed E-state index contributed by atoms with van der Waals surface area (Å²) in [6, 6.07) is 14.2. The van der Waals surface area contributed by atoms with Crippen molar-refractivity contribution in [1.82, 2.24) is 5.32 Å². The Labute approximate surface area is 146 Å². The molecule has 0 aliphatic heterocycles. The van der Waals surface area contributed by atoms with Crippen LogP contribution in [0.25, 0.3) is 0 Å². The Morgan fingerprint density at radius 2 is 1.88 bits per heavy atom. The number of ether oxygens (including phenoxy) is 1. The van der Waals surface area contributed by atoms with Crippen molar-refractivity contribution in [2.45, 2.75) is 6.42 Å². The van der Waals surface area contributed by atoms with E-state index >= 15 is 0 Å². The highest BCUT2D eigenvalue weighted by molar-refractivity contribution is 6.30. The molecule has 0 unspecified atom stereocenters. The molecule has 2 rings (SSSR count). The van der Waals surface area contributed by atoms with Gasteiger partial charge in [-0.3, -0.25) is 4.79 Å². The van der Waals surface area contributed by atoms with Gasteiger partial charge in [0, 0.05) is 10.7 Å². The molecular formula is C18H19ClN2O3. The first-order chi connectivity index (χ1) is 11.6.